The molecule has 5 heteroatoms. The van der Waals surface area contributed by atoms with Crippen LogP contribution in [0.1, 0.15) is 28.9 Å². The summed E-state index contributed by atoms with van der Waals surface area (Å²) in [6.07, 6.45) is 3.01. The molecule has 0 saturated heterocycles. The molecule has 0 amide bonds. The molecule has 0 radical (unpaired) electrons. The van der Waals surface area contributed by atoms with E-state index in [0.717, 1.165) is 5.56 Å². The molecule has 1 aromatic carbocycles. The summed E-state index contributed by atoms with van der Waals surface area (Å²) >= 11 is 0. The predicted octanol–water partition coefficient (Wildman–Crippen LogP) is 2.93. The minimum Gasteiger partial charge on any atom is -0.493 e. The van der Waals surface area contributed by atoms with Gasteiger partial charge in [0.25, 0.3) is 0 Å². The molecule has 104 valence electrons. The fraction of sp³-hybridized carbons (Fsp3) is 0.200. The maximum Gasteiger partial charge on any atom is 0.339 e. The summed E-state index contributed by atoms with van der Waals surface area (Å²) in [4.78, 5) is 15.3. The molecule has 2 rings (SSSR count). The number of para-hydroxylation sites is 1. The first kappa shape index (κ1) is 13.9. The lowest BCUT2D eigenvalue weighted by Crippen LogP contribution is -2.09. The van der Waals surface area contributed by atoms with Crippen molar-refractivity contribution in [3.8, 4) is 11.5 Å². The van der Waals surface area contributed by atoms with Crippen LogP contribution in [-0.2, 0) is 0 Å². The van der Waals surface area contributed by atoms with Crippen LogP contribution in [0.15, 0.2) is 42.7 Å². The zero-order valence-corrected chi connectivity index (χ0v) is 11.2. The highest BCUT2D eigenvalue weighted by molar-refractivity contribution is 5.92. The van der Waals surface area contributed by atoms with Gasteiger partial charge in [-0.2, -0.15) is 0 Å². The van der Waals surface area contributed by atoms with Gasteiger partial charge in [-0.05, 0) is 25.1 Å². The van der Waals surface area contributed by atoms with Crippen molar-refractivity contribution < 1.29 is 19.4 Å². The monoisotopic (exact) mass is 273 g/mol. The first-order chi connectivity index (χ1) is 9.63. The largest absolute Gasteiger partial charge is 0.493 e. The zero-order valence-electron chi connectivity index (χ0n) is 11.2. The predicted molar refractivity (Wildman–Crippen MR) is 73.2 cm³/mol. The number of methoxy groups -OCH3 is 1. The molecule has 1 heterocycles. The lowest BCUT2D eigenvalue weighted by molar-refractivity contribution is 0.0688. The standard InChI is InChI=1S/C15H15NO4/c1-10(11-5-4-8-16-9-11)20-14-12(15(17)18)6-3-7-13(14)19-2/h3-10H,1-2H3,(H,17,18). The molecule has 20 heavy (non-hydrogen) atoms. The number of pyridine rings is 1. The number of benzene rings is 1. The van der Waals surface area contributed by atoms with Gasteiger partial charge < -0.3 is 14.6 Å². The van der Waals surface area contributed by atoms with E-state index in [-0.39, 0.29) is 17.4 Å². The van der Waals surface area contributed by atoms with Crippen LogP contribution < -0.4 is 9.47 Å². The number of aromatic carboxylic acids is 1. The van der Waals surface area contributed by atoms with Crippen molar-refractivity contribution in [1.82, 2.24) is 4.98 Å². The molecule has 0 aliphatic heterocycles. The molecule has 0 aliphatic rings. The summed E-state index contributed by atoms with van der Waals surface area (Å²) < 4.78 is 10.9. The highest BCUT2D eigenvalue weighted by atomic mass is 16.5. The van der Waals surface area contributed by atoms with E-state index in [2.05, 4.69) is 4.98 Å². The summed E-state index contributed by atoms with van der Waals surface area (Å²) in [6.45, 7) is 1.83. The molecule has 1 atom stereocenters. The molecule has 0 saturated carbocycles. The molecule has 1 aromatic heterocycles. The normalized spacial score (nSPS) is 11.7. The van der Waals surface area contributed by atoms with E-state index < -0.39 is 5.97 Å². The van der Waals surface area contributed by atoms with Crippen LogP contribution in [0.5, 0.6) is 11.5 Å². The number of aromatic nitrogens is 1. The van der Waals surface area contributed by atoms with Crippen molar-refractivity contribution in [3.63, 3.8) is 0 Å². The fourth-order valence-corrected chi connectivity index (χ4v) is 1.83. The van der Waals surface area contributed by atoms with E-state index >= 15 is 0 Å². The summed E-state index contributed by atoms with van der Waals surface area (Å²) in [5.41, 5.74) is 0.926. The van der Waals surface area contributed by atoms with Crippen LogP contribution in [0.25, 0.3) is 0 Å². The Morgan fingerprint density at radius 1 is 1.30 bits per heavy atom. The van der Waals surface area contributed by atoms with Gasteiger partial charge >= 0.3 is 5.97 Å². The van der Waals surface area contributed by atoms with Gasteiger partial charge in [0.05, 0.1) is 7.11 Å². The van der Waals surface area contributed by atoms with E-state index in [0.29, 0.717) is 5.75 Å². The van der Waals surface area contributed by atoms with Gasteiger partial charge in [-0.1, -0.05) is 12.1 Å². The number of ether oxygens (including phenoxy) is 2. The smallest absolute Gasteiger partial charge is 0.339 e. The van der Waals surface area contributed by atoms with E-state index in [1.165, 1.54) is 13.2 Å². The third-order valence-electron chi connectivity index (χ3n) is 2.88. The molecule has 0 aliphatic carbocycles. The Kier molecular flexibility index (Phi) is 4.20. The Labute approximate surface area is 116 Å². The van der Waals surface area contributed by atoms with Gasteiger partial charge in [0.15, 0.2) is 11.5 Å². The van der Waals surface area contributed by atoms with Gasteiger partial charge in [0.1, 0.15) is 11.7 Å². The molecule has 1 unspecified atom stereocenters. The summed E-state index contributed by atoms with van der Waals surface area (Å²) in [6, 6.07) is 8.43. The summed E-state index contributed by atoms with van der Waals surface area (Å²) in [5, 5.41) is 9.22. The number of carboxylic acids is 1. The maximum absolute atomic E-state index is 11.3. The Balaban J connectivity index is 2.35. The van der Waals surface area contributed by atoms with Gasteiger partial charge in [-0.3, -0.25) is 4.98 Å². The van der Waals surface area contributed by atoms with Gasteiger partial charge in [0, 0.05) is 18.0 Å². The molecule has 1 N–H and O–H groups in total. The van der Waals surface area contributed by atoms with E-state index in [4.69, 9.17) is 9.47 Å². The summed E-state index contributed by atoms with van der Waals surface area (Å²) in [7, 11) is 1.47. The third-order valence-corrected chi connectivity index (χ3v) is 2.88. The highest BCUT2D eigenvalue weighted by Crippen LogP contribution is 2.34. The van der Waals surface area contributed by atoms with Crippen LogP contribution >= 0.6 is 0 Å². The van der Waals surface area contributed by atoms with E-state index in [1.807, 2.05) is 13.0 Å². The lowest BCUT2D eigenvalue weighted by Gasteiger charge is -2.18. The number of hydrogen-bond donors (Lipinski definition) is 1. The Hall–Kier alpha value is -2.56. The molecular formula is C15H15NO4. The van der Waals surface area contributed by atoms with Crippen LogP contribution in [0.4, 0.5) is 0 Å². The lowest BCUT2D eigenvalue weighted by atomic mass is 10.1. The average molecular weight is 273 g/mol. The highest BCUT2D eigenvalue weighted by Gasteiger charge is 2.19. The van der Waals surface area contributed by atoms with Crippen LogP contribution in [0, 0.1) is 0 Å². The van der Waals surface area contributed by atoms with Crippen molar-refractivity contribution in [2.45, 2.75) is 13.0 Å². The van der Waals surface area contributed by atoms with Crippen molar-refractivity contribution in [3.05, 3.63) is 53.9 Å². The molecule has 0 bridgehead atoms. The third kappa shape index (κ3) is 2.88. The second-order valence-corrected chi connectivity index (χ2v) is 4.19. The van der Waals surface area contributed by atoms with Crippen molar-refractivity contribution >= 4 is 5.97 Å². The van der Waals surface area contributed by atoms with Crippen molar-refractivity contribution in [2.24, 2.45) is 0 Å². The van der Waals surface area contributed by atoms with Crippen LogP contribution in [0.2, 0.25) is 0 Å². The number of carboxylic acid groups (broad SMARTS) is 1. The Morgan fingerprint density at radius 3 is 2.70 bits per heavy atom. The molecule has 0 fully saturated rings. The number of carbonyl (C=O) groups is 1. The van der Waals surface area contributed by atoms with Crippen LogP contribution in [-0.4, -0.2) is 23.2 Å². The first-order valence-electron chi connectivity index (χ1n) is 6.10. The maximum atomic E-state index is 11.3. The minimum atomic E-state index is -1.06. The molecular weight excluding hydrogens is 258 g/mol. The topological polar surface area (TPSA) is 68.7 Å². The molecule has 0 spiro atoms. The van der Waals surface area contributed by atoms with E-state index in [1.54, 1.807) is 30.6 Å². The fourth-order valence-electron chi connectivity index (χ4n) is 1.83. The van der Waals surface area contributed by atoms with Crippen molar-refractivity contribution in [1.29, 1.82) is 0 Å². The number of rotatable bonds is 5. The SMILES string of the molecule is COc1cccc(C(=O)O)c1OC(C)c1cccnc1. The van der Waals surface area contributed by atoms with Crippen molar-refractivity contribution in [2.75, 3.05) is 7.11 Å². The average Bonchev–Trinajstić information content (AvgIpc) is 2.48. The number of nitrogens with zero attached hydrogens (tertiary/aromatic N) is 1. The number of hydrogen-bond acceptors (Lipinski definition) is 4. The first-order valence-corrected chi connectivity index (χ1v) is 6.10. The van der Waals surface area contributed by atoms with Gasteiger partial charge in [-0.25, -0.2) is 4.79 Å². The quantitative estimate of drug-likeness (QED) is 0.907. The Bertz CT molecular complexity index is 598. The van der Waals surface area contributed by atoms with Gasteiger partial charge in [0.2, 0.25) is 0 Å². The minimum absolute atomic E-state index is 0.0695. The van der Waals surface area contributed by atoms with Gasteiger partial charge in [-0.15, -0.1) is 0 Å². The Morgan fingerprint density at radius 2 is 2.10 bits per heavy atom. The second-order valence-electron chi connectivity index (χ2n) is 4.19. The molecule has 2 aromatic rings. The zero-order chi connectivity index (χ0) is 14.5. The molecule has 5 nitrogen and oxygen atoms in total. The van der Waals surface area contributed by atoms with E-state index in [9.17, 15) is 9.90 Å². The second kappa shape index (κ2) is 6.06. The van der Waals surface area contributed by atoms with Crippen LogP contribution in [0.3, 0.4) is 0 Å². The summed E-state index contributed by atoms with van der Waals surface area (Å²) in [5.74, 6) is -0.447.